The first kappa shape index (κ1) is 24.9. The van der Waals surface area contributed by atoms with Gasteiger partial charge in [-0.2, -0.15) is 4.98 Å². The molecule has 0 aliphatic rings. The molecule has 0 spiro atoms. The number of carbonyl (C=O) groups is 1. The zero-order valence-corrected chi connectivity index (χ0v) is 20.4. The van der Waals surface area contributed by atoms with Gasteiger partial charge in [0.15, 0.2) is 0 Å². The molecule has 1 heterocycles. The summed E-state index contributed by atoms with van der Waals surface area (Å²) in [6, 6.07) is 11.0. The van der Waals surface area contributed by atoms with E-state index in [9.17, 15) is 4.79 Å². The van der Waals surface area contributed by atoms with Gasteiger partial charge in [-0.25, -0.2) is 14.7 Å². The molecule has 0 aliphatic carbocycles. The molecule has 174 valence electrons. The van der Waals surface area contributed by atoms with E-state index in [0.717, 1.165) is 0 Å². The van der Waals surface area contributed by atoms with Gasteiger partial charge in [-0.15, -0.1) is 0 Å². The summed E-state index contributed by atoms with van der Waals surface area (Å²) < 4.78 is 10.4. The number of carbonyl (C=O) groups excluding carboxylic acids is 1. The number of urea groups is 1. The number of amides is 2. The van der Waals surface area contributed by atoms with Gasteiger partial charge in [-0.05, 0) is 43.3 Å². The second-order valence-electron chi connectivity index (χ2n) is 6.92. The maximum absolute atomic E-state index is 13.4. The Morgan fingerprint density at radius 1 is 1.06 bits per heavy atom. The Bertz CT molecular complexity index is 1110. The van der Waals surface area contributed by atoms with Crippen LogP contribution in [0.15, 0.2) is 48.7 Å². The Labute approximate surface area is 206 Å². The molecule has 2 aromatic carbocycles. The van der Waals surface area contributed by atoms with Gasteiger partial charge < -0.3 is 20.1 Å². The summed E-state index contributed by atoms with van der Waals surface area (Å²) in [5, 5.41) is 6.50. The van der Waals surface area contributed by atoms with Crippen LogP contribution in [0.4, 0.5) is 27.9 Å². The van der Waals surface area contributed by atoms with Crippen LogP contribution in [-0.2, 0) is 4.74 Å². The van der Waals surface area contributed by atoms with E-state index in [1.807, 2.05) is 6.92 Å². The lowest BCUT2D eigenvalue weighted by Crippen LogP contribution is -2.32. The number of hydrogen-bond donors (Lipinski definition) is 2. The molecule has 0 saturated heterocycles. The van der Waals surface area contributed by atoms with Crippen molar-refractivity contribution in [2.45, 2.75) is 13.0 Å². The fourth-order valence-corrected chi connectivity index (χ4v) is 3.57. The van der Waals surface area contributed by atoms with E-state index < -0.39 is 6.03 Å². The number of hydrogen-bond acceptors (Lipinski definition) is 6. The average Bonchev–Trinajstić information content (AvgIpc) is 2.80. The molecule has 11 heteroatoms. The van der Waals surface area contributed by atoms with Crippen molar-refractivity contribution in [3.05, 3.63) is 63.7 Å². The van der Waals surface area contributed by atoms with E-state index in [1.54, 1.807) is 62.9 Å². The predicted octanol–water partition coefficient (Wildman–Crippen LogP) is 6.26. The number of methoxy groups -OCH3 is 2. The van der Waals surface area contributed by atoms with Crippen LogP contribution in [0.3, 0.4) is 0 Å². The lowest BCUT2D eigenvalue weighted by molar-refractivity contribution is 0.190. The molecular formula is C22H22Cl3N5O3. The number of benzene rings is 2. The van der Waals surface area contributed by atoms with Crippen LogP contribution in [-0.4, -0.2) is 42.9 Å². The highest BCUT2D eigenvalue weighted by atomic mass is 35.5. The molecule has 0 unspecified atom stereocenters. The SMILES string of the molecule is COC[C@H](C)Nc1nccc(N(C(=O)Nc2c(Cl)ccc(Cl)c2Cl)c2ccc(OC)cc2)n1. The summed E-state index contributed by atoms with van der Waals surface area (Å²) >= 11 is 18.6. The number of aromatic nitrogens is 2. The zero-order valence-electron chi connectivity index (χ0n) is 18.1. The number of rotatable bonds is 8. The Hall–Kier alpha value is -2.78. The van der Waals surface area contributed by atoms with Crippen LogP contribution >= 0.6 is 34.8 Å². The lowest BCUT2D eigenvalue weighted by atomic mass is 10.2. The minimum absolute atomic E-state index is 0.0439. The third kappa shape index (κ3) is 6.17. The number of halogens is 3. The lowest BCUT2D eigenvalue weighted by Gasteiger charge is -2.24. The van der Waals surface area contributed by atoms with Gasteiger partial charge in [0.05, 0.1) is 40.2 Å². The third-order valence-corrected chi connectivity index (χ3v) is 5.59. The molecule has 33 heavy (non-hydrogen) atoms. The zero-order chi connectivity index (χ0) is 24.0. The van der Waals surface area contributed by atoms with Crippen molar-refractivity contribution >= 4 is 64.0 Å². The highest BCUT2D eigenvalue weighted by Gasteiger charge is 2.23. The Kier molecular flexibility index (Phi) is 8.57. The summed E-state index contributed by atoms with van der Waals surface area (Å²) in [7, 11) is 3.17. The van der Waals surface area contributed by atoms with Gasteiger partial charge in [0.1, 0.15) is 11.6 Å². The van der Waals surface area contributed by atoms with Gasteiger partial charge >= 0.3 is 6.03 Å². The molecular weight excluding hydrogens is 489 g/mol. The van der Waals surface area contributed by atoms with Gasteiger partial charge in [0.2, 0.25) is 5.95 Å². The minimum atomic E-state index is -0.555. The summed E-state index contributed by atoms with van der Waals surface area (Å²) in [5.41, 5.74) is 0.715. The largest absolute Gasteiger partial charge is 0.497 e. The normalized spacial score (nSPS) is 11.6. The number of nitrogens with zero attached hydrogens (tertiary/aromatic N) is 3. The molecule has 0 radical (unpaired) electrons. The third-order valence-electron chi connectivity index (χ3n) is 4.47. The molecule has 1 atom stereocenters. The molecule has 0 bridgehead atoms. The van der Waals surface area contributed by atoms with Gasteiger partial charge in [-0.3, -0.25) is 0 Å². The molecule has 0 fully saturated rings. The molecule has 3 rings (SSSR count). The van der Waals surface area contributed by atoms with Crippen molar-refractivity contribution in [2.75, 3.05) is 36.4 Å². The maximum Gasteiger partial charge on any atom is 0.332 e. The first-order chi connectivity index (χ1) is 15.8. The van der Waals surface area contributed by atoms with Gasteiger partial charge in [0, 0.05) is 25.4 Å². The Morgan fingerprint density at radius 3 is 2.42 bits per heavy atom. The molecule has 0 aliphatic heterocycles. The molecule has 2 amide bonds. The monoisotopic (exact) mass is 509 g/mol. The van der Waals surface area contributed by atoms with Gasteiger partial charge in [-0.1, -0.05) is 34.8 Å². The molecule has 3 aromatic rings. The Morgan fingerprint density at radius 2 is 1.76 bits per heavy atom. The number of nitrogens with one attached hydrogen (secondary N) is 2. The summed E-state index contributed by atoms with van der Waals surface area (Å²) in [6.45, 7) is 2.39. The van der Waals surface area contributed by atoms with Crippen molar-refractivity contribution in [3.63, 3.8) is 0 Å². The van der Waals surface area contributed by atoms with E-state index in [1.165, 1.54) is 4.90 Å². The highest BCUT2D eigenvalue weighted by molar-refractivity contribution is 6.46. The smallest absolute Gasteiger partial charge is 0.332 e. The molecule has 1 aromatic heterocycles. The van der Waals surface area contributed by atoms with Crippen molar-refractivity contribution in [1.29, 1.82) is 0 Å². The first-order valence-corrected chi connectivity index (χ1v) is 10.9. The molecule has 0 saturated carbocycles. The van der Waals surface area contributed by atoms with Crippen LogP contribution in [0.1, 0.15) is 6.92 Å². The first-order valence-electron chi connectivity index (χ1n) is 9.81. The van der Waals surface area contributed by atoms with E-state index >= 15 is 0 Å². The Balaban J connectivity index is 2.00. The van der Waals surface area contributed by atoms with E-state index in [4.69, 9.17) is 44.3 Å². The number of ether oxygens (including phenoxy) is 2. The van der Waals surface area contributed by atoms with Crippen LogP contribution in [0.5, 0.6) is 5.75 Å². The standard InChI is InChI=1S/C22H22Cl3N5O3/c1-13(12-32-2)27-21-26-11-10-18(28-21)30(14-4-6-15(33-3)7-5-14)22(31)29-20-17(24)9-8-16(23)19(20)25/h4-11,13H,12H2,1-3H3,(H,29,31)(H,26,27,28)/t13-/m0/s1. The quantitative estimate of drug-likeness (QED) is 0.348. The molecule has 2 N–H and O–H groups in total. The summed E-state index contributed by atoms with van der Waals surface area (Å²) in [6.07, 6.45) is 1.55. The topological polar surface area (TPSA) is 88.6 Å². The fourth-order valence-electron chi connectivity index (χ4n) is 2.94. The van der Waals surface area contributed by atoms with Crippen LogP contribution in [0.2, 0.25) is 15.1 Å². The number of anilines is 4. The van der Waals surface area contributed by atoms with Gasteiger partial charge in [0.25, 0.3) is 0 Å². The van der Waals surface area contributed by atoms with Crippen molar-refractivity contribution < 1.29 is 14.3 Å². The summed E-state index contributed by atoms with van der Waals surface area (Å²) in [5.74, 6) is 1.29. The highest BCUT2D eigenvalue weighted by Crippen LogP contribution is 2.37. The van der Waals surface area contributed by atoms with Crippen LogP contribution in [0.25, 0.3) is 0 Å². The van der Waals surface area contributed by atoms with E-state index in [0.29, 0.717) is 29.8 Å². The van der Waals surface area contributed by atoms with E-state index in [2.05, 4.69) is 20.6 Å². The second kappa shape index (κ2) is 11.4. The maximum atomic E-state index is 13.4. The van der Waals surface area contributed by atoms with E-state index in [-0.39, 0.29) is 26.8 Å². The predicted molar refractivity (Wildman–Crippen MR) is 133 cm³/mol. The fraction of sp³-hybridized carbons (Fsp3) is 0.227. The minimum Gasteiger partial charge on any atom is -0.497 e. The van der Waals surface area contributed by atoms with Crippen molar-refractivity contribution in [2.24, 2.45) is 0 Å². The van der Waals surface area contributed by atoms with Crippen LogP contribution in [0, 0.1) is 0 Å². The second-order valence-corrected chi connectivity index (χ2v) is 8.11. The van der Waals surface area contributed by atoms with Crippen molar-refractivity contribution in [3.8, 4) is 5.75 Å². The van der Waals surface area contributed by atoms with Crippen molar-refractivity contribution in [1.82, 2.24) is 9.97 Å². The molecule has 8 nitrogen and oxygen atoms in total. The average molecular weight is 511 g/mol. The van der Waals surface area contributed by atoms with Crippen LogP contribution < -0.4 is 20.3 Å². The summed E-state index contributed by atoms with van der Waals surface area (Å²) in [4.78, 5) is 23.5.